The molecule has 1 aliphatic rings. The van der Waals surface area contributed by atoms with Gasteiger partial charge in [0.2, 0.25) is 5.91 Å². The number of nitrogens with zero attached hydrogens (tertiary/aromatic N) is 1. The van der Waals surface area contributed by atoms with Gasteiger partial charge in [-0.25, -0.2) is 5.43 Å². The maximum atomic E-state index is 11.9. The van der Waals surface area contributed by atoms with E-state index in [1.165, 1.54) is 0 Å². The first-order valence-electron chi connectivity index (χ1n) is 7.57. The smallest absolute Gasteiger partial charge is 0.245 e. The standard InChI is InChI=1S/C16H21IN2O5/c1-4-22-13-8-11(7-12(17)15(13)21-3)10-18-19-14(20)9-16(2)23-5-6-24-16/h7-8,10H,4-6,9H2,1-3H3,(H,19,20)/b18-10-. The molecule has 0 saturated carbocycles. The summed E-state index contributed by atoms with van der Waals surface area (Å²) in [6.45, 7) is 5.17. The number of ether oxygens (including phenoxy) is 4. The summed E-state index contributed by atoms with van der Waals surface area (Å²) in [5.74, 6) is 0.183. The van der Waals surface area contributed by atoms with Gasteiger partial charge in [0, 0.05) is 0 Å². The molecule has 0 unspecified atom stereocenters. The molecule has 0 aromatic heterocycles. The van der Waals surface area contributed by atoms with E-state index in [0.717, 1.165) is 9.13 Å². The van der Waals surface area contributed by atoms with Gasteiger partial charge in [0.15, 0.2) is 17.3 Å². The topological polar surface area (TPSA) is 78.4 Å². The molecular formula is C16H21IN2O5. The normalized spacial score (nSPS) is 16.3. The predicted molar refractivity (Wildman–Crippen MR) is 97.5 cm³/mol. The fourth-order valence-corrected chi connectivity index (χ4v) is 3.14. The summed E-state index contributed by atoms with van der Waals surface area (Å²) in [7, 11) is 1.60. The molecule has 132 valence electrons. The van der Waals surface area contributed by atoms with Crippen LogP contribution in [0.4, 0.5) is 0 Å². The Morgan fingerprint density at radius 1 is 1.46 bits per heavy atom. The van der Waals surface area contributed by atoms with Crippen molar-refractivity contribution in [2.75, 3.05) is 26.9 Å². The lowest BCUT2D eigenvalue weighted by Gasteiger charge is -2.20. The zero-order valence-electron chi connectivity index (χ0n) is 13.9. The maximum absolute atomic E-state index is 11.9. The molecule has 1 fully saturated rings. The monoisotopic (exact) mass is 448 g/mol. The van der Waals surface area contributed by atoms with Crippen molar-refractivity contribution in [3.05, 3.63) is 21.3 Å². The highest BCUT2D eigenvalue weighted by Crippen LogP contribution is 2.33. The molecule has 1 saturated heterocycles. The Labute approximate surface area is 154 Å². The number of carbonyl (C=O) groups is 1. The van der Waals surface area contributed by atoms with E-state index in [0.29, 0.717) is 31.3 Å². The summed E-state index contributed by atoms with van der Waals surface area (Å²) in [6.07, 6.45) is 1.65. The minimum atomic E-state index is -0.864. The SMILES string of the molecule is CCOc1cc(/C=N\NC(=O)CC2(C)OCCO2)cc(I)c1OC. The van der Waals surface area contributed by atoms with Crippen molar-refractivity contribution in [1.82, 2.24) is 5.43 Å². The zero-order chi connectivity index (χ0) is 17.6. The molecule has 1 aromatic carbocycles. The number of rotatable bonds is 7. The van der Waals surface area contributed by atoms with Gasteiger partial charge in [0.25, 0.3) is 0 Å². The Bertz CT molecular complexity index is 615. The van der Waals surface area contributed by atoms with Crippen LogP contribution in [0.15, 0.2) is 17.2 Å². The Morgan fingerprint density at radius 2 is 2.17 bits per heavy atom. The second-order valence-electron chi connectivity index (χ2n) is 5.27. The summed E-state index contributed by atoms with van der Waals surface area (Å²) >= 11 is 2.16. The maximum Gasteiger partial charge on any atom is 0.245 e. The zero-order valence-corrected chi connectivity index (χ0v) is 16.1. The van der Waals surface area contributed by atoms with Gasteiger partial charge in [0.05, 0.1) is 43.1 Å². The van der Waals surface area contributed by atoms with E-state index in [-0.39, 0.29) is 12.3 Å². The highest BCUT2D eigenvalue weighted by Gasteiger charge is 2.33. The minimum Gasteiger partial charge on any atom is -0.492 e. The third-order valence-electron chi connectivity index (χ3n) is 3.32. The average molecular weight is 448 g/mol. The van der Waals surface area contributed by atoms with Gasteiger partial charge in [-0.1, -0.05) is 0 Å². The first kappa shape index (κ1) is 18.9. The second kappa shape index (κ2) is 8.63. The molecule has 1 aromatic rings. The molecule has 7 nitrogen and oxygen atoms in total. The molecule has 1 N–H and O–H groups in total. The molecule has 0 atom stereocenters. The van der Waals surface area contributed by atoms with Crippen LogP contribution in [-0.4, -0.2) is 44.8 Å². The number of hydrogen-bond acceptors (Lipinski definition) is 6. The van der Waals surface area contributed by atoms with Crippen LogP contribution < -0.4 is 14.9 Å². The Morgan fingerprint density at radius 3 is 2.79 bits per heavy atom. The van der Waals surface area contributed by atoms with Crippen LogP contribution in [0.5, 0.6) is 11.5 Å². The van der Waals surface area contributed by atoms with Crippen LogP contribution in [0.25, 0.3) is 0 Å². The van der Waals surface area contributed by atoms with Crippen LogP contribution in [0.1, 0.15) is 25.8 Å². The molecular weight excluding hydrogens is 427 g/mol. The lowest BCUT2D eigenvalue weighted by molar-refractivity contribution is -0.159. The van der Waals surface area contributed by atoms with Crippen LogP contribution in [0.2, 0.25) is 0 Å². The summed E-state index contributed by atoms with van der Waals surface area (Å²) in [5, 5.41) is 3.98. The van der Waals surface area contributed by atoms with Crippen molar-refractivity contribution < 1.29 is 23.7 Å². The summed E-state index contributed by atoms with van der Waals surface area (Å²) in [4.78, 5) is 11.9. The average Bonchev–Trinajstić information content (AvgIpc) is 2.93. The Kier molecular flexibility index (Phi) is 6.81. The first-order chi connectivity index (χ1) is 11.5. The van der Waals surface area contributed by atoms with Gasteiger partial charge in [-0.05, 0) is 54.1 Å². The lowest BCUT2D eigenvalue weighted by Crippen LogP contribution is -2.33. The number of hydrogen-bond donors (Lipinski definition) is 1. The largest absolute Gasteiger partial charge is 0.492 e. The van der Waals surface area contributed by atoms with E-state index in [9.17, 15) is 4.79 Å². The van der Waals surface area contributed by atoms with Gasteiger partial charge >= 0.3 is 0 Å². The van der Waals surface area contributed by atoms with E-state index in [1.807, 2.05) is 19.1 Å². The number of carbonyl (C=O) groups excluding carboxylic acids is 1. The molecule has 0 radical (unpaired) electrons. The Balaban J connectivity index is 1.99. The highest BCUT2D eigenvalue weighted by molar-refractivity contribution is 14.1. The third kappa shape index (κ3) is 5.05. The fraction of sp³-hybridized carbons (Fsp3) is 0.500. The summed E-state index contributed by atoms with van der Waals surface area (Å²) < 4.78 is 22.6. The van der Waals surface area contributed by atoms with Crippen molar-refractivity contribution in [1.29, 1.82) is 0 Å². The van der Waals surface area contributed by atoms with Gasteiger partial charge in [-0.15, -0.1) is 0 Å². The summed E-state index contributed by atoms with van der Waals surface area (Å²) in [6, 6.07) is 3.70. The molecule has 0 bridgehead atoms. The molecule has 1 amide bonds. The molecule has 0 aliphatic carbocycles. The number of hydrazone groups is 1. The van der Waals surface area contributed by atoms with Crippen LogP contribution in [0, 0.1) is 3.57 Å². The predicted octanol–water partition coefficient (Wildman–Crippen LogP) is 2.30. The van der Waals surface area contributed by atoms with Crippen molar-refractivity contribution in [3.63, 3.8) is 0 Å². The van der Waals surface area contributed by atoms with Crippen molar-refractivity contribution in [2.45, 2.75) is 26.1 Å². The van der Waals surface area contributed by atoms with E-state index < -0.39 is 5.79 Å². The molecule has 1 aliphatic heterocycles. The molecule has 8 heteroatoms. The summed E-state index contributed by atoms with van der Waals surface area (Å²) in [5.41, 5.74) is 3.27. The number of benzene rings is 1. The van der Waals surface area contributed by atoms with E-state index in [2.05, 4.69) is 33.1 Å². The number of methoxy groups -OCH3 is 1. The van der Waals surface area contributed by atoms with Crippen LogP contribution >= 0.6 is 22.6 Å². The second-order valence-corrected chi connectivity index (χ2v) is 6.43. The van der Waals surface area contributed by atoms with Gasteiger partial charge in [-0.2, -0.15) is 5.10 Å². The van der Waals surface area contributed by atoms with Gasteiger partial charge in [0.1, 0.15) is 0 Å². The third-order valence-corrected chi connectivity index (χ3v) is 4.12. The van der Waals surface area contributed by atoms with Gasteiger partial charge < -0.3 is 18.9 Å². The van der Waals surface area contributed by atoms with Crippen molar-refractivity contribution in [2.24, 2.45) is 5.10 Å². The molecule has 0 spiro atoms. The quantitative estimate of drug-likeness (QED) is 0.394. The number of nitrogens with one attached hydrogen (secondary N) is 1. The van der Waals surface area contributed by atoms with E-state index >= 15 is 0 Å². The number of halogens is 1. The molecule has 1 heterocycles. The van der Waals surface area contributed by atoms with E-state index in [1.54, 1.807) is 20.2 Å². The van der Waals surface area contributed by atoms with Gasteiger partial charge in [-0.3, -0.25) is 4.79 Å². The molecule has 2 rings (SSSR count). The first-order valence-corrected chi connectivity index (χ1v) is 8.65. The van der Waals surface area contributed by atoms with Crippen LogP contribution in [0.3, 0.4) is 0 Å². The van der Waals surface area contributed by atoms with Crippen molar-refractivity contribution in [3.8, 4) is 11.5 Å². The van der Waals surface area contributed by atoms with Crippen molar-refractivity contribution >= 4 is 34.7 Å². The fourth-order valence-electron chi connectivity index (χ4n) is 2.29. The molecule has 24 heavy (non-hydrogen) atoms. The Hall–Kier alpha value is -1.39. The van der Waals surface area contributed by atoms with E-state index in [4.69, 9.17) is 18.9 Å². The highest BCUT2D eigenvalue weighted by atomic mass is 127. The lowest BCUT2D eigenvalue weighted by atomic mass is 10.2. The minimum absolute atomic E-state index is 0.0919. The number of amides is 1. The van der Waals surface area contributed by atoms with Crippen LogP contribution in [-0.2, 0) is 14.3 Å².